The lowest BCUT2D eigenvalue weighted by atomic mass is 9.95. The molecule has 0 aliphatic carbocycles. The van der Waals surface area contributed by atoms with Crippen molar-refractivity contribution in [2.75, 3.05) is 52.9 Å². The van der Waals surface area contributed by atoms with E-state index in [2.05, 4.69) is 4.90 Å². The zero-order valence-electron chi connectivity index (χ0n) is 13.2. The minimum atomic E-state index is -0.221. The van der Waals surface area contributed by atoms with E-state index in [1.165, 1.54) is 7.11 Å². The largest absolute Gasteiger partial charge is 0.453 e. The molecule has 6 heteroatoms. The maximum atomic E-state index is 11.7. The number of ether oxygens (including phenoxy) is 1. The number of rotatable bonds is 3. The molecule has 0 saturated carbocycles. The summed E-state index contributed by atoms with van der Waals surface area (Å²) in [7, 11) is 1.43. The van der Waals surface area contributed by atoms with Crippen LogP contribution in [-0.2, 0) is 9.53 Å². The number of hydrogen-bond donors (Lipinski definition) is 0. The van der Waals surface area contributed by atoms with E-state index >= 15 is 0 Å². The molecular formula is C15H27N3O3. The highest BCUT2D eigenvalue weighted by molar-refractivity contribution is 5.75. The van der Waals surface area contributed by atoms with E-state index in [1.807, 2.05) is 11.8 Å². The van der Waals surface area contributed by atoms with Gasteiger partial charge in [0.05, 0.1) is 7.11 Å². The Balaban J connectivity index is 1.68. The molecule has 6 nitrogen and oxygen atoms in total. The summed E-state index contributed by atoms with van der Waals surface area (Å²) in [5.74, 6) is 0.954. The first-order valence-electron chi connectivity index (χ1n) is 7.97. The zero-order chi connectivity index (χ0) is 15.2. The summed E-state index contributed by atoms with van der Waals surface area (Å²) in [6.07, 6.45) is 2.59. The number of amides is 2. The number of piperazine rings is 1. The van der Waals surface area contributed by atoms with E-state index in [4.69, 9.17) is 4.74 Å². The van der Waals surface area contributed by atoms with E-state index < -0.39 is 0 Å². The van der Waals surface area contributed by atoms with Crippen LogP contribution in [0.3, 0.4) is 0 Å². The first-order valence-corrected chi connectivity index (χ1v) is 7.97. The Bertz CT molecular complexity index is 325. The van der Waals surface area contributed by atoms with Gasteiger partial charge in [0.2, 0.25) is 5.91 Å². The number of methoxy groups -OCH3 is 1. The summed E-state index contributed by atoms with van der Waals surface area (Å²) in [4.78, 5) is 29.3. The Labute approximate surface area is 127 Å². The van der Waals surface area contributed by atoms with Crippen LogP contribution < -0.4 is 0 Å². The van der Waals surface area contributed by atoms with Gasteiger partial charge in [-0.1, -0.05) is 6.92 Å². The molecule has 0 unspecified atom stereocenters. The number of nitrogens with zero attached hydrogens (tertiary/aromatic N) is 3. The highest BCUT2D eigenvalue weighted by Gasteiger charge is 2.26. The van der Waals surface area contributed by atoms with E-state index in [-0.39, 0.29) is 12.0 Å². The molecular weight excluding hydrogens is 270 g/mol. The van der Waals surface area contributed by atoms with Crippen molar-refractivity contribution in [3.8, 4) is 0 Å². The van der Waals surface area contributed by atoms with Gasteiger partial charge in [0.1, 0.15) is 0 Å². The molecule has 0 atom stereocenters. The highest BCUT2D eigenvalue weighted by atomic mass is 16.5. The second-order valence-corrected chi connectivity index (χ2v) is 5.94. The van der Waals surface area contributed by atoms with Gasteiger partial charge in [-0.15, -0.1) is 0 Å². The first kappa shape index (κ1) is 16.1. The molecule has 0 aromatic rings. The third kappa shape index (κ3) is 4.33. The van der Waals surface area contributed by atoms with Crippen molar-refractivity contribution in [2.24, 2.45) is 5.92 Å². The van der Waals surface area contributed by atoms with Crippen molar-refractivity contribution in [3.63, 3.8) is 0 Å². The van der Waals surface area contributed by atoms with Gasteiger partial charge in [-0.3, -0.25) is 9.69 Å². The van der Waals surface area contributed by atoms with Crippen molar-refractivity contribution in [1.82, 2.24) is 14.7 Å². The van der Waals surface area contributed by atoms with Crippen LogP contribution in [0.5, 0.6) is 0 Å². The molecule has 2 amide bonds. The van der Waals surface area contributed by atoms with E-state index in [0.29, 0.717) is 12.3 Å². The quantitative estimate of drug-likeness (QED) is 0.780. The van der Waals surface area contributed by atoms with E-state index in [0.717, 1.165) is 58.7 Å². The van der Waals surface area contributed by atoms with E-state index in [9.17, 15) is 9.59 Å². The monoisotopic (exact) mass is 297 g/mol. The van der Waals surface area contributed by atoms with Crippen molar-refractivity contribution in [1.29, 1.82) is 0 Å². The summed E-state index contributed by atoms with van der Waals surface area (Å²) in [5.41, 5.74) is 0. The Hall–Kier alpha value is -1.30. The third-order valence-electron chi connectivity index (χ3n) is 4.59. The van der Waals surface area contributed by atoms with Crippen LogP contribution in [0, 0.1) is 5.92 Å². The fourth-order valence-corrected chi connectivity index (χ4v) is 3.20. The third-order valence-corrected chi connectivity index (χ3v) is 4.59. The van der Waals surface area contributed by atoms with Crippen LogP contribution in [0.25, 0.3) is 0 Å². The summed E-state index contributed by atoms with van der Waals surface area (Å²) >= 11 is 0. The van der Waals surface area contributed by atoms with Gasteiger partial charge in [-0.05, 0) is 18.8 Å². The summed E-state index contributed by atoms with van der Waals surface area (Å²) < 4.78 is 4.75. The van der Waals surface area contributed by atoms with Crippen LogP contribution in [0.15, 0.2) is 0 Å². The molecule has 2 saturated heterocycles. The summed E-state index contributed by atoms with van der Waals surface area (Å²) in [5, 5.41) is 0. The Morgan fingerprint density at radius 3 is 2.14 bits per heavy atom. The van der Waals surface area contributed by atoms with Gasteiger partial charge in [-0.2, -0.15) is 0 Å². The van der Waals surface area contributed by atoms with Crippen molar-refractivity contribution >= 4 is 12.0 Å². The van der Waals surface area contributed by atoms with Crippen LogP contribution in [-0.4, -0.2) is 79.6 Å². The minimum absolute atomic E-state index is 0.221. The lowest BCUT2D eigenvalue weighted by molar-refractivity contribution is -0.132. The highest BCUT2D eigenvalue weighted by Crippen LogP contribution is 2.19. The number of carbonyl (C=O) groups is 2. The summed E-state index contributed by atoms with van der Waals surface area (Å²) in [6, 6.07) is 0. The Kier molecular flexibility index (Phi) is 5.85. The molecule has 2 heterocycles. The number of piperidine rings is 1. The molecule has 120 valence electrons. The average Bonchev–Trinajstić information content (AvgIpc) is 2.55. The van der Waals surface area contributed by atoms with Gasteiger partial charge < -0.3 is 14.5 Å². The normalized spacial score (nSPS) is 21.4. The molecule has 0 radical (unpaired) electrons. The molecule has 0 bridgehead atoms. The molecule has 2 aliphatic rings. The van der Waals surface area contributed by atoms with Crippen LogP contribution in [0.2, 0.25) is 0 Å². The van der Waals surface area contributed by atoms with Gasteiger partial charge in [-0.25, -0.2) is 4.79 Å². The minimum Gasteiger partial charge on any atom is -0.453 e. The molecule has 2 rings (SSSR count). The van der Waals surface area contributed by atoms with Crippen LogP contribution >= 0.6 is 0 Å². The van der Waals surface area contributed by atoms with Crippen LogP contribution in [0.4, 0.5) is 4.79 Å². The fourth-order valence-electron chi connectivity index (χ4n) is 3.20. The van der Waals surface area contributed by atoms with Gasteiger partial charge in [0.25, 0.3) is 0 Å². The smallest absolute Gasteiger partial charge is 0.409 e. The molecule has 0 aromatic carbocycles. The molecule has 0 N–H and O–H groups in total. The van der Waals surface area contributed by atoms with E-state index in [1.54, 1.807) is 4.90 Å². The molecule has 2 aliphatic heterocycles. The molecule has 0 aromatic heterocycles. The zero-order valence-corrected chi connectivity index (χ0v) is 13.2. The van der Waals surface area contributed by atoms with Gasteiger partial charge >= 0.3 is 6.09 Å². The number of likely N-dealkylation sites (tertiary alicyclic amines) is 1. The number of carbonyl (C=O) groups excluding carboxylic acids is 2. The first-order chi connectivity index (χ1) is 10.1. The predicted octanol–water partition coefficient (Wildman–Crippen LogP) is 1.02. The van der Waals surface area contributed by atoms with Crippen molar-refractivity contribution in [2.45, 2.75) is 26.2 Å². The second-order valence-electron chi connectivity index (χ2n) is 5.94. The lowest BCUT2D eigenvalue weighted by Gasteiger charge is -2.38. The maximum absolute atomic E-state index is 11.7. The fraction of sp³-hybridized carbons (Fsp3) is 0.867. The number of hydrogen-bond acceptors (Lipinski definition) is 4. The topological polar surface area (TPSA) is 53.1 Å². The van der Waals surface area contributed by atoms with Gasteiger partial charge in [0, 0.05) is 52.2 Å². The van der Waals surface area contributed by atoms with Gasteiger partial charge in [0.15, 0.2) is 0 Å². The molecule has 21 heavy (non-hydrogen) atoms. The second kappa shape index (κ2) is 7.64. The molecule has 2 fully saturated rings. The lowest BCUT2D eigenvalue weighted by Crippen LogP contribution is -2.50. The summed E-state index contributed by atoms with van der Waals surface area (Å²) in [6.45, 7) is 8.16. The molecule has 0 spiro atoms. The van der Waals surface area contributed by atoms with Crippen LogP contribution in [0.1, 0.15) is 26.2 Å². The van der Waals surface area contributed by atoms with Crippen molar-refractivity contribution in [3.05, 3.63) is 0 Å². The average molecular weight is 297 g/mol. The maximum Gasteiger partial charge on any atom is 0.409 e. The Morgan fingerprint density at radius 1 is 1.00 bits per heavy atom. The van der Waals surface area contributed by atoms with Crippen molar-refractivity contribution < 1.29 is 14.3 Å². The SMILES string of the molecule is CCC(=O)N1CCC(CN2CCN(C(=O)OC)CC2)CC1. The Morgan fingerprint density at radius 2 is 1.62 bits per heavy atom. The predicted molar refractivity (Wildman–Crippen MR) is 80.0 cm³/mol. The standard InChI is InChI=1S/C15H27N3O3/c1-3-14(19)17-6-4-13(5-7-17)12-16-8-10-18(11-9-16)15(20)21-2/h13H,3-12H2,1-2H3.